The second-order valence-corrected chi connectivity index (χ2v) is 10.1. The molecule has 4 N–H and O–H groups in total. The Hall–Kier alpha value is -2.94. The zero-order valence-electron chi connectivity index (χ0n) is 19.4. The van der Waals surface area contributed by atoms with Crippen LogP contribution in [-0.4, -0.2) is 62.9 Å². The van der Waals surface area contributed by atoms with Crippen molar-refractivity contribution in [1.82, 2.24) is 25.4 Å². The molecule has 9 nitrogen and oxygen atoms in total. The van der Waals surface area contributed by atoms with E-state index < -0.39 is 64.7 Å². The van der Waals surface area contributed by atoms with E-state index in [1.807, 2.05) is 0 Å². The molecule has 5 rings (SSSR count). The van der Waals surface area contributed by atoms with Crippen LogP contribution in [0, 0.1) is 5.41 Å². The number of hydrogen-bond donors (Lipinski definition) is 3. The first kappa shape index (κ1) is 25.7. The molecule has 37 heavy (non-hydrogen) atoms. The SMILES string of the molecule is Nc1cc(C(F)(F)F)c2nc1-c1nnc(o1)[C@@](O)(C(F)(F)F)CCCCCN(C1CC3(CNC3)C1)C2=O. The number of aliphatic hydroxyl groups is 1. The second-order valence-electron chi connectivity index (χ2n) is 10.1. The third kappa shape index (κ3) is 4.31. The Morgan fingerprint density at radius 2 is 1.78 bits per heavy atom. The Morgan fingerprint density at radius 1 is 1.08 bits per heavy atom. The topological polar surface area (TPSA) is 130 Å². The number of amides is 1. The first-order chi connectivity index (χ1) is 17.2. The molecule has 0 radical (unpaired) electrons. The Labute approximate surface area is 206 Å². The van der Waals surface area contributed by atoms with Crippen LogP contribution >= 0.6 is 0 Å². The van der Waals surface area contributed by atoms with E-state index in [4.69, 9.17) is 10.2 Å². The van der Waals surface area contributed by atoms with E-state index in [2.05, 4.69) is 20.5 Å². The smallest absolute Gasteiger partial charge is 0.416 e. The van der Waals surface area contributed by atoms with E-state index >= 15 is 0 Å². The lowest BCUT2D eigenvalue weighted by Crippen LogP contribution is -2.65. The van der Waals surface area contributed by atoms with Crippen LogP contribution in [0.25, 0.3) is 11.6 Å². The van der Waals surface area contributed by atoms with E-state index in [1.165, 1.54) is 4.90 Å². The lowest BCUT2D eigenvalue weighted by atomic mass is 9.61. The quantitative estimate of drug-likeness (QED) is 0.476. The van der Waals surface area contributed by atoms with Gasteiger partial charge in [0, 0.05) is 25.7 Å². The van der Waals surface area contributed by atoms with Crippen molar-refractivity contribution in [3.05, 3.63) is 23.2 Å². The van der Waals surface area contributed by atoms with Gasteiger partial charge in [0.05, 0.1) is 11.3 Å². The molecule has 1 amide bonds. The van der Waals surface area contributed by atoms with E-state index in [9.17, 15) is 36.2 Å². The molecule has 1 atom stereocenters. The Bertz CT molecular complexity index is 1200. The van der Waals surface area contributed by atoms with Crippen molar-refractivity contribution in [3.8, 4) is 11.6 Å². The third-order valence-electron chi connectivity index (χ3n) is 7.49. The molecule has 0 unspecified atom stereocenters. The molecular formula is C22H24F6N6O3. The van der Waals surface area contributed by atoms with Gasteiger partial charge in [0.15, 0.2) is 5.69 Å². The molecule has 202 valence electrons. The summed E-state index contributed by atoms with van der Waals surface area (Å²) in [6, 6.07) is 0.144. The maximum absolute atomic E-state index is 13.9. The highest BCUT2D eigenvalue weighted by Gasteiger charge is 2.58. The first-order valence-electron chi connectivity index (χ1n) is 11.8. The van der Waals surface area contributed by atoms with E-state index in [1.54, 1.807) is 0 Å². The summed E-state index contributed by atoms with van der Waals surface area (Å²) in [4.78, 5) is 18.7. The zero-order valence-corrected chi connectivity index (χ0v) is 19.4. The molecule has 2 fully saturated rings. The molecule has 2 aromatic heterocycles. The number of hydrogen-bond acceptors (Lipinski definition) is 8. The maximum Gasteiger partial charge on any atom is 0.426 e. The van der Waals surface area contributed by atoms with Gasteiger partial charge >= 0.3 is 12.4 Å². The lowest BCUT2D eigenvalue weighted by Gasteiger charge is -2.57. The monoisotopic (exact) mass is 534 g/mol. The van der Waals surface area contributed by atoms with Crippen molar-refractivity contribution in [2.24, 2.45) is 5.41 Å². The molecule has 1 aliphatic carbocycles. The van der Waals surface area contributed by atoms with E-state index in [-0.39, 0.29) is 37.3 Å². The summed E-state index contributed by atoms with van der Waals surface area (Å²) in [5, 5.41) is 20.4. The van der Waals surface area contributed by atoms with Gasteiger partial charge in [-0.1, -0.05) is 6.42 Å². The number of nitrogens with two attached hydrogens (primary N) is 1. The maximum atomic E-state index is 13.9. The number of carbonyl (C=O) groups is 1. The van der Waals surface area contributed by atoms with E-state index in [0.717, 1.165) is 13.1 Å². The molecule has 2 aliphatic heterocycles. The van der Waals surface area contributed by atoms with Crippen molar-refractivity contribution in [1.29, 1.82) is 0 Å². The average molecular weight is 534 g/mol. The van der Waals surface area contributed by atoms with Gasteiger partial charge in [-0.3, -0.25) is 4.79 Å². The van der Waals surface area contributed by atoms with Crippen molar-refractivity contribution in [3.63, 3.8) is 0 Å². The second kappa shape index (κ2) is 8.55. The largest absolute Gasteiger partial charge is 0.426 e. The molecule has 1 saturated carbocycles. The average Bonchev–Trinajstić information content (AvgIpc) is 3.23. The number of carbonyl (C=O) groups excluding carboxylic acids is 1. The number of nitrogens with zero attached hydrogens (tertiary/aromatic N) is 4. The van der Waals surface area contributed by atoms with Crippen LogP contribution in [0.2, 0.25) is 0 Å². The number of rotatable bonds is 1. The predicted molar refractivity (Wildman–Crippen MR) is 115 cm³/mol. The zero-order chi connectivity index (χ0) is 26.8. The number of nitrogen functional groups attached to an aromatic ring is 1. The summed E-state index contributed by atoms with van der Waals surface area (Å²) in [5.41, 5.74) is -1.25. The van der Waals surface area contributed by atoms with Gasteiger partial charge < -0.3 is 25.5 Å². The number of nitrogens with one attached hydrogen (secondary N) is 1. The van der Waals surface area contributed by atoms with Crippen LogP contribution in [0.5, 0.6) is 0 Å². The van der Waals surface area contributed by atoms with Crippen LogP contribution in [0.3, 0.4) is 0 Å². The van der Waals surface area contributed by atoms with Crippen LogP contribution in [0.4, 0.5) is 32.0 Å². The van der Waals surface area contributed by atoms with Crippen LogP contribution in [0.15, 0.2) is 10.5 Å². The van der Waals surface area contributed by atoms with Gasteiger partial charge in [-0.25, -0.2) is 4.98 Å². The fourth-order valence-corrected chi connectivity index (χ4v) is 5.29. The van der Waals surface area contributed by atoms with Gasteiger partial charge in [0.2, 0.25) is 5.60 Å². The minimum Gasteiger partial charge on any atom is -0.416 e. The first-order valence-corrected chi connectivity index (χ1v) is 11.8. The van der Waals surface area contributed by atoms with Gasteiger partial charge in [0.25, 0.3) is 17.7 Å². The summed E-state index contributed by atoms with van der Waals surface area (Å²) in [5.74, 6) is -2.88. The van der Waals surface area contributed by atoms with Gasteiger partial charge in [-0.15, -0.1) is 10.2 Å². The minimum atomic E-state index is -5.17. The van der Waals surface area contributed by atoms with Gasteiger partial charge in [-0.05, 0) is 43.6 Å². The summed E-state index contributed by atoms with van der Waals surface area (Å²) < 4.78 is 88.4. The molecule has 4 heterocycles. The summed E-state index contributed by atoms with van der Waals surface area (Å²) in [6.45, 7) is 1.52. The summed E-state index contributed by atoms with van der Waals surface area (Å²) in [6.07, 6.45) is -9.51. The number of halogens is 6. The summed E-state index contributed by atoms with van der Waals surface area (Å²) in [7, 11) is 0. The predicted octanol–water partition coefficient (Wildman–Crippen LogP) is 3.25. The molecule has 4 bridgehead atoms. The van der Waals surface area contributed by atoms with Crippen LogP contribution < -0.4 is 11.1 Å². The van der Waals surface area contributed by atoms with Crippen LogP contribution in [0.1, 0.15) is 60.5 Å². The van der Waals surface area contributed by atoms with Crippen molar-refractivity contribution in [2.45, 2.75) is 62.5 Å². The highest BCUT2D eigenvalue weighted by atomic mass is 19.4. The van der Waals surface area contributed by atoms with Crippen molar-refractivity contribution < 1.29 is 40.7 Å². The van der Waals surface area contributed by atoms with Gasteiger partial charge in [-0.2, -0.15) is 26.3 Å². The highest BCUT2D eigenvalue weighted by Crippen LogP contribution is 2.48. The molecule has 2 aromatic rings. The minimum absolute atomic E-state index is 0.0000477. The number of alkyl halides is 6. The van der Waals surface area contributed by atoms with Crippen molar-refractivity contribution >= 4 is 11.6 Å². The highest BCUT2D eigenvalue weighted by molar-refractivity contribution is 5.95. The lowest BCUT2D eigenvalue weighted by molar-refractivity contribution is -0.277. The Kier molecular flexibility index (Phi) is 5.94. The molecule has 3 aliphatic rings. The number of pyridine rings is 1. The van der Waals surface area contributed by atoms with Crippen molar-refractivity contribution in [2.75, 3.05) is 25.4 Å². The Morgan fingerprint density at radius 3 is 2.38 bits per heavy atom. The van der Waals surface area contributed by atoms with Crippen LogP contribution in [-0.2, 0) is 11.8 Å². The number of anilines is 1. The number of aromatic nitrogens is 3. The molecular weight excluding hydrogens is 510 g/mol. The molecule has 1 spiro atoms. The van der Waals surface area contributed by atoms with E-state index in [0.29, 0.717) is 18.9 Å². The normalized spacial score (nSPS) is 24.9. The third-order valence-corrected chi connectivity index (χ3v) is 7.49. The Balaban J connectivity index is 1.61. The molecule has 15 heteroatoms. The fourth-order valence-electron chi connectivity index (χ4n) is 5.29. The molecule has 1 saturated heterocycles. The standard InChI is InChI=1S/C22H24F6N6O3/c23-21(24,25)12-6-13(29)15-16-32-33-18(37-16)20(36,22(26,27)28)4-2-1-3-5-34(17(35)14(12)31-15)11-7-19(8-11)9-30-10-19/h6,11,30,36H,1-5,7-10,29H2/t20-/m1/s1. The fraction of sp³-hybridized carbons (Fsp3) is 0.636. The van der Waals surface area contributed by atoms with Gasteiger partial charge in [0.1, 0.15) is 5.69 Å². The summed E-state index contributed by atoms with van der Waals surface area (Å²) >= 11 is 0. The number of fused-ring (bicyclic) bond motifs is 5. The molecule has 0 aromatic carbocycles.